The standard InChI is InChI=1S/C33H38N2O4/c1-5-16-34-17-15-33-24-12-13-25(35(20-21(2)3)29(37)14-11-22-9-7-6-8-10-22)32(33)39-31-28(38-4)19-27(36)23(30(31)33)18-26(24)34/h5-10,19,21,24-26,32,36H,1,12-13,15-18,20H2,2-4H3/t24-,25+,26+,32-,33-/m0/s1. The number of phenolic OH excluding ortho intramolecular Hbond substituents is 1. The normalized spacial score (nSPS) is 28.1. The Morgan fingerprint density at radius 3 is 2.85 bits per heavy atom. The Balaban J connectivity index is 1.44. The smallest absolute Gasteiger partial charge is 0.299 e. The molecule has 2 aliphatic carbocycles. The van der Waals surface area contributed by atoms with Gasteiger partial charge in [0.05, 0.1) is 13.2 Å². The number of amides is 1. The molecule has 2 aliphatic heterocycles. The number of nitrogens with zero attached hydrogens (tertiary/aromatic N) is 2. The van der Waals surface area contributed by atoms with Crippen molar-refractivity contribution >= 4 is 5.91 Å². The van der Waals surface area contributed by atoms with Crippen molar-refractivity contribution in [3.8, 4) is 29.1 Å². The molecule has 2 heterocycles. The molecule has 6 nitrogen and oxygen atoms in total. The minimum Gasteiger partial charge on any atom is -0.508 e. The highest BCUT2D eigenvalue weighted by Crippen LogP contribution is 2.65. The van der Waals surface area contributed by atoms with Gasteiger partial charge in [-0.15, -0.1) is 6.58 Å². The molecule has 6 heteroatoms. The number of ether oxygens (including phenoxy) is 2. The van der Waals surface area contributed by atoms with Crippen LogP contribution in [0.25, 0.3) is 0 Å². The van der Waals surface area contributed by atoms with Crippen LogP contribution in [0.4, 0.5) is 0 Å². The molecule has 2 aromatic carbocycles. The van der Waals surface area contributed by atoms with Crippen molar-refractivity contribution in [1.82, 2.24) is 9.80 Å². The van der Waals surface area contributed by atoms with Crippen molar-refractivity contribution in [1.29, 1.82) is 0 Å². The molecule has 1 saturated heterocycles. The predicted molar refractivity (Wildman–Crippen MR) is 151 cm³/mol. The minimum absolute atomic E-state index is 0.113. The minimum atomic E-state index is -0.275. The van der Waals surface area contributed by atoms with Crippen LogP contribution >= 0.6 is 0 Å². The molecule has 204 valence electrons. The van der Waals surface area contributed by atoms with Gasteiger partial charge in [-0.2, -0.15) is 0 Å². The number of likely N-dealkylation sites (tertiary alicyclic amines) is 1. The summed E-state index contributed by atoms with van der Waals surface area (Å²) < 4.78 is 12.7. The van der Waals surface area contributed by atoms with E-state index in [1.165, 1.54) is 0 Å². The van der Waals surface area contributed by atoms with Crippen molar-refractivity contribution in [2.24, 2.45) is 11.8 Å². The maximum absolute atomic E-state index is 13.8. The zero-order valence-electron chi connectivity index (χ0n) is 23.2. The highest BCUT2D eigenvalue weighted by Gasteiger charge is 2.67. The lowest BCUT2D eigenvalue weighted by Gasteiger charge is -2.60. The fourth-order valence-corrected chi connectivity index (χ4v) is 8.00. The number of piperidine rings is 1. The average Bonchev–Trinajstić information content (AvgIpc) is 3.27. The summed E-state index contributed by atoms with van der Waals surface area (Å²) in [6.07, 6.45) is 5.32. The molecule has 4 aliphatic rings. The highest BCUT2D eigenvalue weighted by molar-refractivity contribution is 5.94. The molecule has 39 heavy (non-hydrogen) atoms. The number of aromatic hydroxyl groups is 1. The van der Waals surface area contributed by atoms with Crippen molar-refractivity contribution in [3.05, 3.63) is 65.7 Å². The van der Waals surface area contributed by atoms with E-state index in [1.807, 2.05) is 41.3 Å². The third-order valence-electron chi connectivity index (χ3n) is 9.39. The number of carbonyl (C=O) groups excluding carboxylic acids is 1. The Morgan fingerprint density at radius 2 is 2.13 bits per heavy atom. The van der Waals surface area contributed by atoms with Crippen molar-refractivity contribution in [3.63, 3.8) is 0 Å². The summed E-state index contributed by atoms with van der Waals surface area (Å²) in [6.45, 7) is 10.7. The molecule has 5 atom stereocenters. The maximum atomic E-state index is 13.8. The van der Waals surface area contributed by atoms with E-state index in [1.54, 1.807) is 13.2 Å². The Hall–Kier alpha value is -3.43. The van der Waals surface area contributed by atoms with Crippen LogP contribution in [0.2, 0.25) is 0 Å². The average molecular weight is 527 g/mol. The molecule has 2 fully saturated rings. The number of carbonyl (C=O) groups is 1. The van der Waals surface area contributed by atoms with Crippen molar-refractivity contribution in [2.75, 3.05) is 26.7 Å². The van der Waals surface area contributed by atoms with E-state index in [0.717, 1.165) is 61.2 Å². The fourth-order valence-electron chi connectivity index (χ4n) is 8.00. The Labute approximate surface area is 231 Å². The molecule has 1 spiro atoms. The van der Waals surface area contributed by atoms with E-state index in [9.17, 15) is 9.90 Å². The molecular formula is C33H38N2O4. The van der Waals surface area contributed by atoms with Crippen LogP contribution < -0.4 is 9.47 Å². The van der Waals surface area contributed by atoms with Gasteiger partial charge in [-0.1, -0.05) is 44.0 Å². The molecule has 6 rings (SSSR count). The first-order chi connectivity index (χ1) is 18.9. The van der Waals surface area contributed by atoms with Crippen LogP contribution in [0, 0.1) is 23.7 Å². The van der Waals surface area contributed by atoms with Crippen molar-refractivity contribution in [2.45, 2.75) is 63.1 Å². The first-order valence-electron chi connectivity index (χ1n) is 14.2. The van der Waals surface area contributed by atoms with E-state index in [-0.39, 0.29) is 35.1 Å². The van der Waals surface area contributed by atoms with Gasteiger partial charge in [-0.3, -0.25) is 9.69 Å². The van der Waals surface area contributed by atoms with Crippen LogP contribution in [0.15, 0.2) is 49.1 Å². The van der Waals surface area contributed by atoms with Crippen LogP contribution in [-0.2, 0) is 16.6 Å². The summed E-state index contributed by atoms with van der Waals surface area (Å²) in [5.74, 6) is 8.15. The second kappa shape index (κ2) is 9.95. The lowest BCUT2D eigenvalue weighted by Crippen LogP contribution is -2.69. The van der Waals surface area contributed by atoms with Crippen molar-refractivity contribution < 1.29 is 19.4 Å². The largest absolute Gasteiger partial charge is 0.508 e. The predicted octanol–water partition coefficient (Wildman–Crippen LogP) is 4.53. The number of hydrogen-bond donors (Lipinski definition) is 1. The van der Waals surface area contributed by atoms with E-state index in [0.29, 0.717) is 24.3 Å². The van der Waals surface area contributed by atoms with E-state index >= 15 is 0 Å². The van der Waals surface area contributed by atoms with Gasteiger partial charge >= 0.3 is 0 Å². The molecule has 0 aromatic heterocycles. The third kappa shape index (κ3) is 4.02. The monoisotopic (exact) mass is 526 g/mol. The number of methoxy groups -OCH3 is 1. The van der Waals surface area contributed by atoms with Crippen LogP contribution in [0.3, 0.4) is 0 Å². The zero-order valence-corrected chi connectivity index (χ0v) is 23.2. The molecule has 0 radical (unpaired) electrons. The lowest BCUT2D eigenvalue weighted by atomic mass is 9.50. The third-order valence-corrected chi connectivity index (χ3v) is 9.39. The van der Waals surface area contributed by atoms with Gasteiger partial charge in [0, 0.05) is 53.2 Å². The maximum Gasteiger partial charge on any atom is 0.299 e. The summed E-state index contributed by atoms with van der Waals surface area (Å²) in [6, 6.07) is 11.6. The van der Waals surface area contributed by atoms with E-state index in [4.69, 9.17) is 9.47 Å². The number of hydrogen-bond acceptors (Lipinski definition) is 5. The Bertz CT molecular complexity index is 1340. The first-order valence-corrected chi connectivity index (χ1v) is 14.2. The summed E-state index contributed by atoms with van der Waals surface area (Å²) in [5.41, 5.74) is 2.66. The van der Waals surface area contributed by atoms with Gasteiger partial charge in [0.2, 0.25) is 0 Å². The van der Waals surface area contributed by atoms with Gasteiger partial charge in [0.15, 0.2) is 11.5 Å². The van der Waals surface area contributed by atoms with Gasteiger partial charge < -0.3 is 19.5 Å². The highest BCUT2D eigenvalue weighted by atomic mass is 16.5. The summed E-state index contributed by atoms with van der Waals surface area (Å²) >= 11 is 0. The summed E-state index contributed by atoms with van der Waals surface area (Å²) in [5, 5.41) is 11.2. The number of phenols is 1. The first kappa shape index (κ1) is 25.8. The lowest BCUT2D eigenvalue weighted by molar-refractivity contribution is -0.137. The summed E-state index contributed by atoms with van der Waals surface area (Å²) in [7, 11) is 1.63. The zero-order chi connectivity index (χ0) is 27.3. The number of rotatable bonds is 6. The van der Waals surface area contributed by atoms with Gasteiger partial charge in [0.25, 0.3) is 5.91 Å². The van der Waals surface area contributed by atoms with E-state index < -0.39 is 0 Å². The quantitative estimate of drug-likeness (QED) is 0.443. The van der Waals surface area contributed by atoms with Crippen LogP contribution in [0.5, 0.6) is 17.2 Å². The fraction of sp³-hybridized carbons (Fsp3) is 0.485. The number of benzene rings is 2. The van der Waals surface area contributed by atoms with Crippen LogP contribution in [0.1, 0.15) is 49.8 Å². The summed E-state index contributed by atoms with van der Waals surface area (Å²) in [4.78, 5) is 18.3. The molecular weight excluding hydrogens is 488 g/mol. The SMILES string of the molecule is C=CCN1CC[C@]23c4c5c(O)cc(OC)c4O[C@H]2[C@H](N(CC(C)C)C(=O)C#Cc2ccccc2)CC[C@H]3[C@H]1C5. The molecule has 2 aromatic rings. The Morgan fingerprint density at radius 1 is 1.33 bits per heavy atom. The van der Waals surface area contributed by atoms with Crippen LogP contribution in [-0.4, -0.2) is 65.7 Å². The second-order valence-corrected chi connectivity index (χ2v) is 11.9. The molecule has 2 bridgehead atoms. The topological polar surface area (TPSA) is 62.2 Å². The molecule has 0 unspecified atom stereocenters. The molecule has 1 amide bonds. The van der Waals surface area contributed by atoms with Gasteiger partial charge in [-0.05, 0) is 56.2 Å². The Kier molecular flexibility index (Phi) is 6.59. The van der Waals surface area contributed by atoms with Gasteiger partial charge in [-0.25, -0.2) is 0 Å². The van der Waals surface area contributed by atoms with Gasteiger partial charge in [0.1, 0.15) is 11.9 Å². The second-order valence-electron chi connectivity index (χ2n) is 11.9. The molecule has 1 saturated carbocycles. The molecule has 1 N–H and O–H groups in total. The van der Waals surface area contributed by atoms with E-state index in [2.05, 4.69) is 37.2 Å².